The summed E-state index contributed by atoms with van der Waals surface area (Å²) in [6.45, 7) is 3.22. The highest BCUT2D eigenvalue weighted by molar-refractivity contribution is 7.98. The number of hydrogen-bond acceptors (Lipinski definition) is 5. The fourth-order valence-electron chi connectivity index (χ4n) is 3.41. The number of carbonyl (C=O) groups excluding carboxylic acids is 1. The first-order valence-corrected chi connectivity index (χ1v) is 10.2. The van der Waals surface area contributed by atoms with E-state index in [1.807, 2.05) is 54.3 Å². The van der Waals surface area contributed by atoms with Crippen LogP contribution >= 0.6 is 11.8 Å². The third-order valence-electron chi connectivity index (χ3n) is 4.88. The van der Waals surface area contributed by atoms with Crippen LogP contribution in [0.2, 0.25) is 0 Å². The second kappa shape index (κ2) is 8.10. The van der Waals surface area contributed by atoms with Crippen molar-refractivity contribution in [3.05, 3.63) is 76.7 Å². The van der Waals surface area contributed by atoms with Crippen LogP contribution in [0.4, 0.5) is 0 Å². The molecule has 0 unspecified atom stereocenters. The van der Waals surface area contributed by atoms with E-state index >= 15 is 0 Å². The summed E-state index contributed by atoms with van der Waals surface area (Å²) in [5.74, 6) is 2.34. The molecule has 5 nitrogen and oxygen atoms in total. The molecular weight excluding hydrogens is 372 g/mol. The zero-order valence-electron chi connectivity index (χ0n) is 16.0. The number of nitrogens with zero attached hydrogens (tertiary/aromatic N) is 2. The number of amides is 1. The molecule has 0 saturated carbocycles. The van der Waals surface area contributed by atoms with Crippen molar-refractivity contribution < 1.29 is 14.1 Å². The lowest BCUT2D eigenvalue weighted by molar-refractivity contribution is 0.0731. The molecular formula is C22H22N2O3S. The Bertz CT molecular complexity index is 999. The van der Waals surface area contributed by atoms with Crippen LogP contribution < -0.4 is 4.74 Å². The molecule has 6 heteroatoms. The highest BCUT2D eigenvalue weighted by atomic mass is 32.2. The van der Waals surface area contributed by atoms with Gasteiger partial charge in [0.25, 0.3) is 5.91 Å². The molecule has 0 aliphatic carbocycles. The van der Waals surface area contributed by atoms with Crippen LogP contribution in [0.25, 0.3) is 0 Å². The molecule has 0 bridgehead atoms. The fraction of sp³-hybridized carbons (Fsp3) is 0.273. The fourth-order valence-corrected chi connectivity index (χ4v) is 4.33. The number of carbonyl (C=O) groups is 1. The molecule has 0 atom stereocenters. The molecule has 1 aromatic heterocycles. The zero-order chi connectivity index (χ0) is 19.5. The summed E-state index contributed by atoms with van der Waals surface area (Å²) in [6, 6.07) is 15.8. The number of ether oxygens (including phenoxy) is 1. The lowest BCUT2D eigenvalue weighted by Gasteiger charge is -2.29. The predicted octanol–water partition coefficient (Wildman–Crippen LogP) is 4.48. The molecule has 4 rings (SSSR count). The molecule has 0 radical (unpaired) electrons. The quantitative estimate of drug-likeness (QED) is 0.597. The van der Waals surface area contributed by atoms with Crippen molar-refractivity contribution >= 4 is 17.7 Å². The summed E-state index contributed by atoms with van der Waals surface area (Å²) in [5, 5.41) is 3.92. The maximum absolute atomic E-state index is 13.2. The number of fused-ring (bicyclic) bond motifs is 1. The second-order valence-electron chi connectivity index (χ2n) is 6.83. The van der Waals surface area contributed by atoms with E-state index < -0.39 is 0 Å². The van der Waals surface area contributed by atoms with Crippen LogP contribution in [0.1, 0.15) is 32.9 Å². The van der Waals surface area contributed by atoms with Gasteiger partial charge in [-0.15, -0.1) is 11.8 Å². The highest BCUT2D eigenvalue weighted by Gasteiger charge is 2.24. The molecule has 2 heterocycles. The summed E-state index contributed by atoms with van der Waals surface area (Å²) in [6.07, 6.45) is 0.859. The van der Waals surface area contributed by atoms with Gasteiger partial charge < -0.3 is 14.2 Å². The van der Waals surface area contributed by atoms with E-state index in [0.29, 0.717) is 12.3 Å². The van der Waals surface area contributed by atoms with Crippen molar-refractivity contribution in [2.24, 2.45) is 0 Å². The molecule has 1 aliphatic heterocycles. The molecule has 0 N–H and O–H groups in total. The van der Waals surface area contributed by atoms with E-state index in [4.69, 9.17) is 9.26 Å². The first-order valence-electron chi connectivity index (χ1n) is 9.23. The maximum Gasteiger partial charge on any atom is 0.255 e. The Hall–Kier alpha value is -2.73. The van der Waals surface area contributed by atoms with Crippen molar-refractivity contribution in [1.29, 1.82) is 0 Å². The van der Waals surface area contributed by atoms with Crippen molar-refractivity contribution in [2.75, 3.05) is 13.7 Å². The van der Waals surface area contributed by atoms with Crippen LogP contribution in [0.15, 0.2) is 57.9 Å². The molecule has 0 saturated heterocycles. The van der Waals surface area contributed by atoms with Gasteiger partial charge in [0.1, 0.15) is 11.5 Å². The molecule has 0 fully saturated rings. The van der Waals surface area contributed by atoms with Crippen molar-refractivity contribution in [3.8, 4) is 5.75 Å². The first-order chi connectivity index (χ1) is 13.6. The SMILES string of the molecule is COc1ccc2c(c1)CN(C(=O)c1ccccc1SCc1cc(C)no1)CC2. The van der Waals surface area contributed by atoms with E-state index in [9.17, 15) is 4.79 Å². The Labute approximate surface area is 168 Å². The van der Waals surface area contributed by atoms with E-state index in [1.54, 1.807) is 18.9 Å². The zero-order valence-corrected chi connectivity index (χ0v) is 16.8. The van der Waals surface area contributed by atoms with Gasteiger partial charge in [0, 0.05) is 24.1 Å². The topological polar surface area (TPSA) is 55.6 Å². The van der Waals surface area contributed by atoms with Gasteiger partial charge in [0.15, 0.2) is 0 Å². The molecule has 28 heavy (non-hydrogen) atoms. The van der Waals surface area contributed by atoms with Crippen molar-refractivity contribution in [2.45, 2.75) is 30.5 Å². The van der Waals surface area contributed by atoms with Gasteiger partial charge in [-0.3, -0.25) is 4.79 Å². The van der Waals surface area contributed by atoms with Gasteiger partial charge in [0.2, 0.25) is 0 Å². The van der Waals surface area contributed by atoms with Crippen molar-refractivity contribution in [3.63, 3.8) is 0 Å². The van der Waals surface area contributed by atoms with E-state index in [2.05, 4.69) is 11.2 Å². The van der Waals surface area contributed by atoms with E-state index in [1.165, 1.54) is 5.56 Å². The lowest BCUT2D eigenvalue weighted by Crippen LogP contribution is -2.36. The van der Waals surface area contributed by atoms with E-state index in [0.717, 1.165) is 46.2 Å². The number of methoxy groups -OCH3 is 1. The van der Waals surface area contributed by atoms with Gasteiger partial charge in [-0.1, -0.05) is 23.4 Å². The van der Waals surface area contributed by atoms with Gasteiger partial charge in [-0.05, 0) is 48.7 Å². The Morgan fingerprint density at radius 1 is 1.21 bits per heavy atom. The third-order valence-corrected chi connectivity index (χ3v) is 5.97. The van der Waals surface area contributed by atoms with Gasteiger partial charge in [0.05, 0.1) is 24.1 Å². The number of benzene rings is 2. The van der Waals surface area contributed by atoms with Crippen molar-refractivity contribution in [1.82, 2.24) is 10.1 Å². The molecule has 2 aromatic carbocycles. The molecule has 1 amide bonds. The third kappa shape index (κ3) is 3.92. The van der Waals surface area contributed by atoms with Crippen LogP contribution in [0.3, 0.4) is 0 Å². The molecule has 1 aliphatic rings. The smallest absolute Gasteiger partial charge is 0.255 e. The largest absolute Gasteiger partial charge is 0.497 e. The summed E-state index contributed by atoms with van der Waals surface area (Å²) in [4.78, 5) is 16.1. The first kappa shape index (κ1) is 18.6. The Morgan fingerprint density at radius 3 is 2.86 bits per heavy atom. The molecule has 0 spiro atoms. The number of thioether (sulfide) groups is 1. The number of hydrogen-bond donors (Lipinski definition) is 0. The van der Waals surface area contributed by atoms with E-state index in [-0.39, 0.29) is 5.91 Å². The summed E-state index contributed by atoms with van der Waals surface area (Å²) >= 11 is 1.60. The molecule has 144 valence electrons. The Morgan fingerprint density at radius 2 is 2.07 bits per heavy atom. The number of rotatable bonds is 5. The second-order valence-corrected chi connectivity index (χ2v) is 7.85. The lowest BCUT2D eigenvalue weighted by atomic mass is 9.99. The minimum absolute atomic E-state index is 0.0605. The normalized spacial score (nSPS) is 13.3. The Balaban J connectivity index is 1.51. The van der Waals surface area contributed by atoms with Gasteiger partial charge >= 0.3 is 0 Å². The van der Waals surface area contributed by atoms with Gasteiger partial charge in [-0.25, -0.2) is 0 Å². The van der Waals surface area contributed by atoms with Crippen LogP contribution in [-0.2, 0) is 18.7 Å². The molecule has 3 aromatic rings. The summed E-state index contributed by atoms with van der Waals surface area (Å²) in [5.41, 5.74) is 4.03. The minimum atomic E-state index is 0.0605. The standard InChI is InChI=1S/C22H22N2O3S/c1-15-11-19(27-23-15)14-28-21-6-4-3-5-20(21)22(25)24-10-9-16-7-8-18(26-2)12-17(16)13-24/h3-8,11-12H,9-10,13-14H2,1-2H3. The average Bonchev–Trinajstić information content (AvgIpc) is 3.16. The monoisotopic (exact) mass is 394 g/mol. The van der Waals surface area contributed by atoms with Crippen LogP contribution in [0.5, 0.6) is 5.75 Å². The maximum atomic E-state index is 13.2. The van der Waals surface area contributed by atoms with Crippen LogP contribution in [0, 0.1) is 6.92 Å². The minimum Gasteiger partial charge on any atom is -0.497 e. The Kier molecular flexibility index (Phi) is 5.39. The summed E-state index contributed by atoms with van der Waals surface area (Å²) in [7, 11) is 1.66. The number of aromatic nitrogens is 1. The number of aryl methyl sites for hydroxylation is 1. The highest BCUT2D eigenvalue weighted by Crippen LogP contribution is 2.30. The predicted molar refractivity (Wildman–Crippen MR) is 109 cm³/mol. The summed E-state index contributed by atoms with van der Waals surface area (Å²) < 4.78 is 10.6. The average molecular weight is 394 g/mol. The van der Waals surface area contributed by atoms with Gasteiger partial charge in [-0.2, -0.15) is 0 Å². The van der Waals surface area contributed by atoms with Crippen LogP contribution in [-0.4, -0.2) is 29.6 Å².